The van der Waals surface area contributed by atoms with E-state index in [9.17, 15) is 4.39 Å². The highest BCUT2D eigenvalue weighted by Gasteiger charge is 2.08. The highest BCUT2D eigenvalue weighted by Crippen LogP contribution is 2.18. The number of halogens is 1. The fourth-order valence-electron chi connectivity index (χ4n) is 2.64. The van der Waals surface area contributed by atoms with E-state index < -0.39 is 0 Å². The largest absolute Gasteiger partial charge is 0.489 e. The zero-order valence-corrected chi connectivity index (χ0v) is 15.9. The molecule has 0 atom stereocenters. The highest BCUT2D eigenvalue weighted by molar-refractivity contribution is 5.79. The summed E-state index contributed by atoms with van der Waals surface area (Å²) in [6.07, 6.45) is 1.58. The van der Waals surface area contributed by atoms with Crippen LogP contribution in [0, 0.1) is 5.82 Å². The van der Waals surface area contributed by atoms with Crippen molar-refractivity contribution < 1.29 is 18.4 Å². The molecule has 0 aliphatic carbocycles. The predicted octanol–water partition coefficient (Wildman–Crippen LogP) is 5.01. The zero-order chi connectivity index (χ0) is 20.6. The van der Waals surface area contributed by atoms with Crippen molar-refractivity contribution in [2.24, 2.45) is 5.16 Å². The van der Waals surface area contributed by atoms with Gasteiger partial charge in [0.15, 0.2) is 6.61 Å². The monoisotopic (exact) mass is 403 g/mol. The number of nitrogens with zero attached hydrogens (tertiary/aromatic N) is 3. The average molecular weight is 403 g/mol. The molecular formula is C23H18FN3O3. The van der Waals surface area contributed by atoms with Gasteiger partial charge in [0, 0.05) is 5.56 Å². The van der Waals surface area contributed by atoms with E-state index in [0.717, 1.165) is 16.9 Å². The second kappa shape index (κ2) is 9.47. The summed E-state index contributed by atoms with van der Waals surface area (Å²) < 4.78 is 24.3. The van der Waals surface area contributed by atoms with Crippen LogP contribution in [0.3, 0.4) is 0 Å². The Balaban J connectivity index is 1.29. The molecular weight excluding hydrogens is 385 g/mol. The van der Waals surface area contributed by atoms with E-state index in [0.29, 0.717) is 18.1 Å². The van der Waals surface area contributed by atoms with E-state index in [1.54, 1.807) is 18.3 Å². The number of hydrogen-bond acceptors (Lipinski definition) is 6. The molecule has 0 aliphatic rings. The maximum absolute atomic E-state index is 13.0. The molecule has 0 fully saturated rings. The van der Waals surface area contributed by atoms with Crippen molar-refractivity contribution >= 4 is 6.21 Å². The Kier molecular flexibility index (Phi) is 6.10. The Morgan fingerprint density at radius 2 is 1.73 bits per heavy atom. The summed E-state index contributed by atoms with van der Waals surface area (Å²) in [4.78, 5) is 5.23. The van der Waals surface area contributed by atoms with Crippen molar-refractivity contribution in [3.05, 3.63) is 102 Å². The Hall–Kier alpha value is -4.00. The molecule has 0 spiro atoms. The van der Waals surface area contributed by atoms with Gasteiger partial charge in [-0.05, 0) is 47.5 Å². The van der Waals surface area contributed by atoms with Crippen LogP contribution in [0.2, 0.25) is 0 Å². The van der Waals surface area contributed by atoms with Crippen LogP contribution in [0.5, 0.6) is 5.75 Å². The molecule has 0 N–H and O–H groups in total. The molecule has 0 saturated carbocycles. The van der Waals surface area contributed by atoms with E-state index in [1.807, 2.05) is 54.6 Å². The summed E-state index contributed by atoms with van der Waals surface area (Å²) in [5.41, 5.74) is 2.56. The lowest BCUT2D eigenvalue weighted by molar-refractivity contribution is 0.112. The van der Waals surface area contributed by atoms with Gasteiger partial charge < -0.3 is 14.0 Å². The van der Waals surface area contributed by atoms with E-state index in [2.05, 4.69) is 15.4 Å². The highest BCUT2D eigenvalue weighted by atomic mass is 19.1. The first kappa shape index (κ1) is 19.3. The average Bonchev–Trinajstić information content (AvgIpc) is 3.26. The van der Waals surface area contributed by atoms with Crippen LogP contribution in [0.1, 0.15) is 17.0 Å². The van der Waals surface area contributed by atoms with Gasteiger partial charge in [0.05, 0.1) is 6.21 Å². The van der Waals surface area contributed by atoms with Gasteiger partial charge in [0.25, 0.3) is 5.89 Å². The van der Waals surface area contributed by atoms with Crippen LogP contribution in [0.15, 0.2) is 88.4 Å². The molecule has 0 unspecified atom stereocenters. The first-order valence-corrected chi connectivity index (χ1v) is 9.27. The van der Waals surface area contributed by atoms with Crippen molar-refractivity contribution in [1.82, 2.24) is 10.2 Å². The smallest absolute Gasteiger partial charge is 0.257 e. The quantitative estimate of drug-likeness (QED) is 0.306. The maximum Gasteiger partial charge on any atom is 0.257 e. The molecule has 0 radical (unpaired) electrons. The first-order valence-electron chi connectivity index (χ1n) is 9.27. The minimum absolute atomic E-state index is 0.0227. The summed E-state index contributed by atoms with van der Waals surface area (Å²) in [6, 6.07) is 23.3. The molecule has 0 amide bonds. The van der Waals surface area contributed by atoms with Crippen molar-refractivity contribution in [1.29, 1.82) is 0 Å². The Morgan fingerprint density at radius 3 is 2.57 bits per heavy atom. The van der Waals surface area contributed by atoms with E-state index in [1.165, 1.54) is 12.1 Å². The summed E-state index contributed by atoms with van der Waals surface area (Å²) >= 11 is 0. The third kappa shape index (κ3) is 5.29. The summed E-state index contributed by atoms with van der Waals surface area (Å²) in [6.45, 7) is 0.514. The molecule has 1 heterocycles. The second-order valence-electron chi connectivity index (χ2n) is 6.36. The van der Waals surface area contributed by atoms with Gasteiger partial charge in [-0.25, -0.2) is 4.39 Å². The van der Waals surface area contributed by atoms with Crippen LogP contribution in [-0.2, 0) is 18.1 Å². The third-order valence-electron chi connectivity index (χ3n) is 4.13. The van der Waals surface area contributed by atoms with Gasteiger partial charge >= 0.3 is 0 Å². The van der Waals surface area contributed by atoms with Crippen LogP contribution in [0.4, 0.5) is 4.39 Å². The van der Waals surface area contributed by atoms with Crippen molar-refractivity contribution in [3.63, 3.8) is 0 Å². The fraction of sp³-hybridized carbons (Fsp3) is 0.0870. The van der Waals surface area contributed by atoms with Crippen molar-refractivity contribution in [2.45, 2.75) is 13.2 Å². The standard InChI is InChI=1S/C23H18FN3O3/c24-20-11-9-19(10-12-20)23-27-26-22(30-23)16-29-25-14-18-7-4-8-21(13-18)28-15-17-5-2-1-3-6-17/h1-14H,15-16H2/b25-14+. The number of rotatable bonds is 8. The minimum Gasteiger partial charge on any atom is -0.489 e. The maximum atomic E-state index is 13.0. The molecule has 3 aromatic carbocycles. The molecule has 0 saturated heterocycles. The topological polar surface area (TPSA) is 69.7 Å². The molecule has 30 heavy (non-hydrogen) atoms. The Bertz CT molecular complexity index is 1110. The number of benzene rings is 3. The Morgan fingerprint density at radius 1 is 0.900 bits per heavy atom. The van der Waals surface area contributed by atoms with E-state index in [-0.39, 0.29) is 18.3 Å². The van der Waals surface area contributed by atoms with Gasteiger partial charge in [-0.15, -0.1) is 10.2 Å². The molecule has 7 heteroatoms. The summed E-state index contributed by atoms with van der Waals surface area (Å²) in [5, 5.41) is 11.8. The lowest BCUT2D eigenvalue weighted by Gasteiger charge is -2.06. The van der Waals surface area contributed by atoms with Gasteiger partial charge in [0.1, 0.15) is 18.2 Å². The minimum atomic E-state index is -0.328. The number of oxime groups is 1. The van der Waals surface area contributed by atoms with E-state index in [4.69, 9.17) is 14.0 Å². The van der Waals surface area contributed by atoms with Crippen LogP contribution in [0.25, 0.3) is 11.5 Å². The number of aromatic nitrogens is 2. The Labute approximate surface area is 172 Å². The van der Waals surface area contributed by atoms with E-state index >= 15 is 0 Å². The molecule has 0 aliphatic heterocycles. The van der Waals surface area contributed by atoms with Crippen LogP contribution >= 0.6 is 0 Å². The van der Waals surface area contributed by atoms with Crippen LogP contribution < -0.4 is 4.74 Å². The molecule has 4 rings (SSSR count). The molecule has 0 bridgehead atoms. The fourth-order valence-corrected chi connectivity index (χ4v) is 2.64. The SMILES string of the molecule is Fc1ccc(-c2nnc(CO/N=C/c3cccc(OCc4ccccc4)c3)o2)cc1. The predicted molar refractivity (Wildman–Crippen MR) is 109 cm³/mol. The molecule has 6 nitrogen and oxygen atoms in total. The van der Waals surface area contributed by atoms with Gasteiger partial charge in [-0.2, -0.15) is 0 Å². The summed E-state index contributed by atoms with van der Waals surface area (Å²) in [7, 11) is 0. The summed E-state index contributed by atoms with van der Waals surface area (Å²) in [5.74, 6) is 0.974. The molecule has 4 aromatic rings. The number of ether oxygens (including phenoxy) is 1. The zero-order valence-electron chi connectivity index (χ0n) is 15.9. The van der Waals surface area contributed by atoms with Gasteiger partial charge in [-0.1, -0.05) is 47.6 Å². The third-order valence-corrected chi connectivity index (χ3v) is 4.13. The second-order valence-corrected chi connectivity index (χ2v) is 6.36. The van der Waals surface area contributed by atoms with Crippen molar-refractivity contribution in [2.75, 3.05) is 0 Å². The molecule has 150 valence electrons. The lowest BCUT2D eigenvalue weighted by atomic mass is 10.2. The lowest BCUT2D eigenvalue weighted by Crippen LogP contribution is -1.95. The number of hydrogen-bond donors (Lipinski definition) is 0. The van der Waals surface area contributed by atoms with Crippen LogP contribution in [-0.4, -0.2) is 16.4 Å². The van der Waals surface area contributed by atoms with Crippen molar-refractivity contribution in [3.8, 4) is 17.2 Å². The van der Waals surface area contributed by atoms with Gasteiger partial charge in [0.2, 0.25) is 5.89 Å². The first-order chi connectivity index (χ1) is 14.8. The van der Waals surface area contributed by atoms with Gasteiger partial charge in [-0.3, -0.25) is 0 Å². The molecule has 1 aromatic heterocycles. The normalized spacial score (nSPS) is 11.0.